The number of benzene rings is 1. The molecule has 7 nitrogen and oxygen atoms in total. The smallest absolute Gasteiger partial charge is 0.223 e. The highest BCUT2D eigenvalue weighted by Gasteiger charge is 2.25. The lowest BCUT2D eigenvalue weighted by atomic mass is 10.2. The van der Waals surface area contributed by atoms with E-state index in [1.54, 1.807) is 11.8 Å². The molecular formula is C24H32ClN5O2S. The van der Waals surface area contributed by atoms with E-state index in [1.165, 1.54) is 25.7 Å². The number of aromatic nitrogens is 1. The first kappa shape index (κ1) is 23.0. The summed E-state index contributed by atoms with van der Waals surface area (Å²) in [5.74, 6) is 0.869. The highest BCUT2D eigenvalue weighted by molar-refractivity contribution is 8.14. The molecule has 0 bridgehead atoms. The van der Waals surface area contributed by atoms with Gasteiger partial charge in [0.25, 0.3) is 0 Å². The molecule has 0 radical (unpaired) electrons. The molecule has 3 heterocycles. The van der Waals surface area contributed by atoms with Crippen LogP contribution in [0.3, 0.4) is 0 Å². The maximum Gasteiger partial charge on any atom is 0.223 e. The fourth-order valence-corrected chi connectivity index (χ4v) is 6.21. The second-order valence-electron chi connectivity index (χ2n) is 9.22. The Bertz CT molecular complexity index is 1030. The second kappa shape index (κ2) is 10.3. The maximum absolute atomic E-state index is 12.6. The van der Waals surface area contributed by atoms with E-state index in [0.29, 0.717) is 12.5 Å². The number of fused-ring (bicyclic) bond motifs is 1. The molecule has 2 unspecified atom stereocenters. The van der Waals surface area contributed by atoms with Gasteiger partial charge in [0, 0.05) is 41.7 Å². The standard InChI is InChI=1S/C24H32ClN5O2S/c1-15(30-6-8-32-9-7-30)26-22(31)13-19-14-33-24(28-19)21-11-16-10-17(25)12-20(23(16)29-21)27-18-4-2-3-5-18/h10-12,15,18-19,27,29H,2-9,13-14H2,1H3,(H,26,31). The number of nitrogens with one attached hydrogen (secondary N) is 3. The number of carbonyl (C=O) groups is 1. The predicted molar refractivity (Wildman–Crippen MR) is 137 cm³/mol. The first-order chi connectivity index (χ1) is 16.0. The fraction of sp³-hybridized carbons (Fsp3) is 0.583. The van der Waals surface area contributed by atoms with Crippen LogP contribution in [0.15, 0.2) is 23.2 Å². The minimum Gasteiger partial charge on any atom is -0.381 e. The Morgan fingerprint density at radius 2 is 2.09 bits per heavy atom. The van der Waals surface area contributed by atoms with Crippen molar-refractivity contribution in [3.8, 4) is 0 Å². The zero-order valence-corrected chi connectivity index (χ0v) is 20.6. The number of hydrogen-bond donors (Lipinski definition) is 3. The van der Waals surface area contributed by atoms with Gasteiger partial charge in [-0.3, -0.25) is 14.7 Å². The number of H-pyrrole nitrogens is 1. The number of halogens is 1. The van der Waals surface area contributed by atoms with E-state index in [4.69, 9.17) is 21.3 Å². The maximum atomic E-state index is 12.6. The quantitative estimate of drug-likeness (QED) is 0.542. The van der Waals surface area contributed by atoms with Gasteiger partial charge in [-0.2, -0.15) is 0 Å². The number of morpholine rings is 1. The van der Waals surface area contributed by atoms with Gasteiger partial charge in [-0.15, -0.1) is 11.8 Å². The summed E-state index contributed by atoms with van der Waals surface area (Å²) in [6.45, 7) is 5.19. The van der Waals surface area contributed by atoms with Crippen LogP contribution in [0.5, 0.6) is 0 Å². The van der Waals surface area contributed by atoms with E-state index in [1.807, 2.05) is 19.1 Å². The second-order valence-corrected chi connectivity index (χ2v) is 10.7. The molecule has 0 spiro atoms. The number of anilines is 1. The molecule has 2 atom stereocenters. The summed E-state index contributed by atoms with van der Waals surface area (Å²) < 4.78 is 5.40. The average molecular weight is 490 g/mol. The van der Waals surface area contributed by atoms with Gasteiger partial charge in [0.1, 0.15) is 5.04 Å². The summed E-state index contributed by atoms with van der Waals surface area (Å²) in [6.07, 6.45) is 5.40. The van der Waals surface area contributed by atoms with Gasteiger partial charge >= 0.3 is 0 Å². The molecule has 1 aliphatic carbocycles. The summed E-state index contributed by atoms with van der Waals surface area (Å²) >= 11 is 8.12. The zero-order valence-electron chi connectivity index (χ0n) is 19.0. The van der Waals surface area contributed by atoms with Crippen LogP contribution in [-0.4, -0.2) is 71.1 Å². The molecule has 1 aromatic carbocycles. The molecule has 1 saturated carbocycles. The predicted octanol–water partition coefficient (Wildman–Crippen LogP) is 4.22. The first-order valence-electron chi connectivity index (χ1n) is 12.0. The molecule has 178 valence electrons. The molecule has 5 rings (SSSR count). The molecule has 1 amide bonds. The molecule has 9 heteroatoms. The van der Waals surface area contributed by atoms with E-state index >= 15 is 0 Å². The molecule has 33 heavy (non-hydrogen) atoms. The Morgan fingerprint density at radius 1 is 1.30 bits per heavy atom. The van der Waals surface area contributed by atoms with E-state index in [9.17, 15) is 4.79 Å². The molecule has 2 fully saturated rings. The molecule has 1 saturated heterocycles. The summed E-state index contributed by atoms with van der Waals surface area (Å²) in [5.41, 5.74) is 3.13. The van der Waals surface area contributed by atoms with Crippen LogP contribution >= 0.6 is 23.4 Å². The molecule has 2 aliphatic heterocycles. The Morgan fingerprint density at radius 3 is 2.88 bits per heavy atom. The van der Waals surface area contributed by atoms with Gasteiger partial charge in [-0.1, -0.05) is 24.4 Å². The van der Waals surface area contributed by atoms with Crippen LogP contribution in [0.4, 0.5) is 5.69 Å². The highest BCUT2D eigenvalue weighted by atomic mass is 35.5. The van der Waals surface area contributed by atoms with E-state index < -0.39 is 0 Å². The Balaban J connectivity index is 1.24. The van der Waals surface area contributed by atoms with Gasteiger partial charge in [-0.25, -0.2) is 0 Å². The minimum absolute atomic E-state index is 0.00651. The Kier molecular flexibility index (Phi) is 7.16. The number of nitrogens with zero attached hydrogens (tertiary/aromatic N) is 2. The molecular weight excluding hydrogens is 458 g/mol. The number of rotatable bonds is 7. The number of aliphatic imine (C=N–C) groups is 1. The van der Waals surface area contributed by atoms with E-state index in [2.05, 4.69) is 26.6 Å². The summed E-state index contributed by atoms with van der Waals surface area (Å²) in [6, 6.07) is 6.63. The van der Waals surface area contributed by atoms with E-state index in [-0.39, 0.29) is 18.1 Å². The lowest BCUT2D eigenvalue weighted by Gasteiger charge is -2.32. The van der Waals surface area contributed by atoms with Crippen molar-refractivity contribution in [2.45, 2.75) is 57.3 Å². The number of thioether (sulfide) groups is 1. The SMILES string of the molecule is CC(NC(=O)CC1CSC(c2cc3cc(Cl)cc(NC4CCCC4)c3[nH]2)=N1)N1CCOCC1. The fourth-order valence-electron chi connectivity index (χ4n) is 4.96. The van der Waals surface area contributed by atoms with Gasteiger partial charge in [0.05, 0.1) is 42.3 Å². The third-order valence-electron chi connectivity index (χ3n) is 6.73. The van der Waals surface area contributed by atoms with Crippen LogP contribution in [-0.2, 0) is 9.53 Å². The van der Waals surface area contributed by atoms with Crippen molar-refractivity contribution in [3.63, 3.8) is 0 Å². The lowest BCUT2D eigenvalue weighted by Crippen LogP contribution is -2.51. The first-order valence-corrected chi connectivity index (χ1v) is 13.3. The molecule has 3 aliphatic rings. The largest absolute Gasteiger partial charge is 0.381 e. The number of amides is 1. The zero-order chi connectivity index (χ0) is 22.8. The number of hydrogen-bond acceptors (Lipinski definition) is 6. The Hall–Kier alpha value is -1.74. The lowest BCUT2D eigenvalue weighted by molar-refractivity contribution is -0.123. The number of aromatic amines is 1. The van der Waals surface area contributed by atoms with Crippen LogP contribution < -0.4 is 10.6 Å². The summed E-state index contributed by atoms with van der Waals surface area (Å²) in [4.78, 5) is 23.3. The Labute approximate surface area is 204 Å². The van der Waals surface area contributed by atoms with Gasteiger partial charge in [-0.05, 0) is 38.0 Å². The van der Waals surface area contributed by atoms with Crippen LogP contribution in [0.25, 0.3) is 10.9 Å². The van der Waals surface area contributed by atoms with Gasteiger partial charge in [0.2, 0.25) is 5.91 Å². The molecule has 2 aromatic rings. The minimum atomic E-state index is -0.00651. The van der Waals surface area contributed by atoms with Crippen LogP contribution in [0, 0.1) is 0 Å². The van der Waals surface area contributed by atoms with Gasteiger partial charge in [0.15, 0.2) is 0 Å². The normalized spacial score (nSPS) is 23.1. The third kappa shape index (κ3) is 5.50. The monoisotopic (exact) mass is 489 g/mol. The number of ether oxygens (including phenoxy) is 1. The third-order valence-corrected chi connectivity index (χ3v) is 8.10. The van der Waals surface area contributed by atoms with Crippen LogP contribution in [0.2, 0.25) is 5.02 Å². The van der Waals surface area contributed by atoms with Gasteiger partial charge < -0.3 is 20.4 Å². The highest BCUT2D eigenvalue weighted by Crippen LogP contribution is 2.33. The van der Waals surface area contributed by atoms with Crippen molar-refractivity contribution in [1.29, 1.82) is 0 Å². The topological polar surface area (TPSA) is 81.8 Å². The van der Waals surface area contributed by atoms with Crippen molar-refractivity contribution in [3.05, 3.63) is 28.9 Å². The van der Waals surface area contributed by atoms with Crippen molar-refractivity contribution in [2.75, 3.05) is 37.4 Å². The van der Waals surface area contributed by atoms with Crippen molar-refractivity contribution < 1.29 is 9.53 Å². The summed E-state index contributed by atoms with van der Waals surface area (Å²) in [7, 11) is 0. The van der Waals surface area contributed by atoms with Crippen molar-refractivity contribution in [1.82, 2.24) is 15.2 Å². The molecule has 1 aromatic heterocycles. The van der Waals surface area contributed by atoms with Crippen LogP contribution in [0.1, 0.15) is 44.7 Å². The van der Waals surface area contributed by atoms with Crippen molar-refractivity contribution in [2.24, 2.45) is 4.99 Å². The number of carbonyl (C=O) groups excluding carboxylic acids is 1. The van der Waals surface area contributed by atoms with E-state index in [0.717, 1.165) is 64.4 Å². The molecule has 3 N–H and O–H groups in total. The van der Waals surface area contributed by atoms with Crippen molar-refractivity contribution >= 4 is 50.9 Å². The average Bonchev–Trinajstić information content (AvgIpc) is 3.55. The summed E-state index contributed by atoms with van der Waals surface area (Å²) in [5, 5.41) is 9.59.